The van der Waals surface area contributed by atoms with E-state index in [1.54, 1.807) is 0 Å². The predicted octanol–water partition coefficient (Wildman–Crippen LogP) is 4.88. The predicted molar refractivity (Wildman–Crippen MR) is 142 cm³/mol. The van der Waals surface area contributed by atoms with Crippen molar-refractivity contribution in [3.8, 4) is 5.75 Å². The van der Waals surface area contributed by atoms with Crippen LogP contribution in [-0.2, 0) is 33.6 Å². The third-order valence-electron chi connectivity index (χ3n) is 8.86. The lowest BCUT2D eigenvalue weighted by Gasteiger charge is -2.22. The highest BCUT2D eigenvalue weighted by Gasteiger charge is 2.52. The van der Waals surface area contributed by atoms with Crippen LogP contribution in [0.1, 0.15) is 56.4 Å². The summed E-state index contributed by atoms with van der Waals surface area (Å²) in [5.41, 5.74) is 3.26. The second-order valence-electron chi connectivity index (χ2n) is 11.1. The number of benzene rings is 1. The smallest absolute Gasteiger partial charge is 0.309 e. The van der Waals surface area contributed by atoms with E-state index in [0.717, 1.165) is 54.8 Å². The zero-order valence-electron chi connectivity index (χ0n) is 22.2. The molecule has 6 nitrogen and oxygen atoms in total. The van der Waals surface area contributed by atoms with Crippen molar-refractivity contribution in [2.24, 2.45) is 29.6 Å². The van der Waals surface area contributed by atoms with E-state index >= 15 is 0 Å². The van der Waals surface area contributed by atoms with Crippen LogP contribution in [0.2, 0.25) is 0 Å². The summed E-state index contributed by atoms with van der Waals surface area (Å²) in [4.78, 5) is 32.5. The summed E-state index contributed by atoms with van der Waals surface area (Å²) in [5, 5.41) is 0. The molecule has 1 aromatic heterocycles. The number of fused-ring (bicyclic) bond motifs is 5. The molecule has 1 saturated heterocycles. The van der Waals surface area contributed by atoms with Gasteiger partial charge in [-0.15, -0.1) is 0 Å². The van der Waals surface area contributed by atoms with Gasteiger partial charge in [-0.3, -0.25) is 14.6 Å². The molecule has 0 N–H and O–H groups in total. The van der Waals surface area contributed by atoms with Crippen molar-refractivity contribution in [2.45, 2.75) is 58.8 Å². The minimum Gasteiger partial charge on any atom is -0.493 e. The lowest BCUT2D eigenvalue weighted by molar-refractivity contribution is -0.151. The highest BCUT2D eigenvalue weighted by molar-refractivity contribution is 5.83. The molecular formula is C31H40N2O4. The molecule has 5 rings (SSSR count). The summed E-state index contributed by atoms with van der Waals surface area (Å²) in [6.45, 7) is 6.57. The summed E-state index contributed by atoms with van der Waals surface area (Å²) >= 11 is 0. The average Bonchev–Trinajstić information content (AvgIpc) is 3.64. The Morgan fingerprint density at radius 1 is 1.00 bits per heavy atom. The van der Waals surface area contributed by atoms with Gasteiger partial charge in [-0.2, -0.15) is 0 Å². The summed E-state index contributed by atoms with van der Waals surface area (Å²) in [7, 11) is 0. The highest BCUT2D eigenvalue weighted by atomic mass is 16.5. The van der Waals surface area contributed by atoms with Crippen molar-refractivity contribution in [2.75, 3.05) is 26.3 Å². The van der Waals surface area contributed by atoms with Crippen molar-refractivity contribution >= 4 is 11.9 Å². The van der Waals surface area contributed by atoms with E-state index in [2.05, 4.69) is 24.0 Å². The van der Waals surface area contributed by atoms with Gasteiger partial charge in [-0.1, -0.05) is 25.1 Å². The Hall–Kier alpha value is -2.89. The lowest BCUT2D eigenvalue weighted by Crippen LogP contribution is -2.34. The van der Waals surface area contributed by atoms with Crippen LogP contribution >= 0.6 is 0 Å². The Bertz CT molecular complexity index is 1050. The molecule has 2 heterocycles. The Morgan fingerprint density at radius 2 is 1.70 bits per heavy atom. The standard InChI is InChI=1S/C31H40N2O4/c1-3-21-5-10-26(32-18-21)13-14-37-27-11-6-22(7-12-27)15-25(31(35)36-4-2)17-30(34)33-19-28-23-8-9-24(16-23)29(28)20-33/h5-7,10-12,18,23-25,28-29H,3-4,8-9,13-17,19-20H2,1-2H3. The zero-order valence-corrected chi connectivity index (χ0v) is 22.2. The number of hydrogen-bond donors (Lipinski definition) is 0. The number of carbonyl (C=O) groups excluding carboxylic acids is 2. The summed E-state index contributed by atoms with van der Waals surface area (Å²) in [5.74, 6) is 3.14. The largest absolute Gasteiger partial charge is 0.493 e. The number of likely N-dealkylation sites (tertiary alicyclic amines) is 1. The van der Waals surface area contributed by atoms with Gasteiger partial charge in [0.05, 0.1) is 19.1 Å². The molecule has 2 aliphatic carbocycles. The minimum absolute atomic E-state index is 0.104. The van der Waals surface area contributed by atoms with E-state index in [9.17, 15) is 9.59 Å². The first kappa shape index (κ1) is 25.7. The van der Waals surface area contributed by atoms with E-state index in [1.165, 1.54) is 24.8 Å². The molecule has 1 aromatic carbocycles. The molecule has 5 atom stereocenters. The average molecular weight is 505 g/mol. The van der Waals surface area contributed by atoms with Gasteiger partial charge in [0, 0.05) is 37.8 Å². The third kappa shape index (κ3) is 6.00. The van der Waals surface area contributed by atoms with Crippen LogP contribution in [0.25, 0.3) is 0 Å². The number of rotatable bonds is 11. The molecule has 2 saturated carbocycles. The Morgan fingerprint density at radius 3 is 2.32 bits per heavy atom. The highest BCUT2D eigenvalue weighted by Crippen LogP contribution is 2.55. The molecule has 0 spiro atoms. The molecule has 1 aliphatic heterocycles. The quantitative estimate of drug-likeness (QED) is 0.408. The number of aromatic nitrogens is 1. The number of ether oxygens (including phenoxy) is 2. The van der Waals surface area contributed by atoms with Gasteiger partial charge in [-0.05, 0) is 92.0 Å². The monoisotopic (exact) mass is 504 g/mol. The fourth-order valence-electron chi connectivity index (χ4n) is 6.82. The molecule has 2 aromatic rings. The van der Waals surface area contributed by atoms with Crippen LogP contribution in [0, 0.1) is 29.6 Å². The van der Waals surface area contributed by atoms with Gasteiger partial charge in [0.15, 0.2) is 0 Å². The van der Waals surface area contributed by atoms with Gasteiger partial charge >= 0.3 is 5.97 Å². The van der Waals surface area contributed by atoms with Crippen LogP contribution in [-0.4, -0.2) is 48.1 Å². The van der Waals surface area contributed by atoms with E-state index < -0.39 is 5.92 Å². The van der Waals surface area contributed by atoms with Crippen LogP contribution in [0.3, 0.4) is 0 Å². The molecule has 6 heteroatoms. The number of carbonyl (C=O) groups is 2. The number of amides is 1. The fourth-order valence-corrected chi connectivity index (χ4v) is 6.82. The van der Waals surface area contributed by atoms with Gasteiger partial charge in [0.25, 0.3) is 0 Å². The number of pyridine rings is 1. The third-order valence-corrected chi connectivity index (χ3v) is 8.86. The first-order valence-corrected chi connectivity index (χ1v) is 14.1. The van der Waals surface area contributed by atoms with Crippen molar-refractivity contribution in [3.63, 3.8) is 0 Å². The number of aryl methyl sites for hydroxylation is 1. The van der Waals surface area contributed by atoms with Crippen molar-refractivity contribution in [3.05, 3.63) is 59.4 Å². The Kier molecular flexibility index (Phi) is 8.11. The van der Waals surface area contributed by atoms with Crippen molar-refractivity contribution < 1.29 is 19.1 Å². The van der Waals surface area contributed by atoms with Gasteiger partial charge in [-0.25, -0.2) is 0 Å². The summed E-state index contributed by atoms with van der Waals surface area (Å²) in [6.07, 6.45) is 8.41. The zero-order chi connectivity index (χ0) is 25.8. The maximum Gasteiger partial charge on any atom is 0.309 e. The van der Waals surface area contributed by atoms with Crippen LogP contribution in [0.15, 0.2) is 42.6 Å². The summed E-state index contributed by atoms with van der Waals surface area (Å²) in [6, 6.07) is 12.0. The Labute approximate surface area is 220 Å². The van der Waals surface area contributed by atoms with Gasteiger partial charge < -0.3 is 14.4 Å². The molecule has 37 heavy (non-hydrogen) atoms. The van der Waals surface area contributed by atoms with Crippen LogP contribution in [0.4, 0.5) is 0 Å². The number of hydrogen-bond acceptors (Lipinski definition) is 5. The maximum atomic E-state index is 13.2. The topological polar surface area (TPSA) is 68.7 Å². The van der Waals surface area contributed by atoms with E-state index in [4.69, 9.17) is 9.47 Å². The van der Waals surface area contributed by atoms with Crippen LogP contribution in [0.5, 0.6) is 5.75 Å². The molecule has 0 radical (unpaired) electrons. The first-order chi connectivity index (χ1) is 18.0. The Balaban J connectivity index is 1.13. The molecule has 198 valence electrons. The fraction of sp³-hybridized carbons (Fsp3) is 0.581. The normalized spacial score (nSPS) is 24.6. The molecule has 5 unspecified atom stereocenters. The second kappa shape index (κ2) is 11.7. The first-order valence-electron chi connectivity index (χ1n) is 14.1. The molecule has 3 aliphatic rings. The van der Waals surface area contributed by atoms with Crippen molar-refractivity contribution in [1.82, 2.24) is 9.88 Å². The molecule has 1 amide bonds. The number of esters is 1. The van der Waals surface area contributed by atoms with Crippen LogP contribution < -0.4 is 4.74 Å². The number of nitrogens with zero attached hydrogens (tertiary/aromatic N) is 2. The van der Waals surface area contributed by atoms with E-state index in [0.29, 0.717) is 31.5 Å². The second-order valence-corrected chi connectivity index (χ2v) is 11.1. The maximum absolute atomic E-state index is 13.2. The molecule has 3 fully saturated rings. The van der Waals surface area contributed by atoms with E-state index in [1.807, 2.05) is 42.3 Å². The lowest BCUT2D eigenvalue weighted by atomic mass is 9.82. The van der Waals surface area contributed by atoms with Gasteiger partial charge in [0.2, 0.25) is 5.91 Å². The SMILES string of the molecule is CCOC(=O)C(CC(=O)N1CC2C3CCC(C3)C2C1)Cc1ccc(OCCc2ccc(CC)cn2)cc1. The summed E-state index contributed by atoms with van der Waals surface area (Å²) < 4.78 is 11.3. The molecular weight excluding hydrogens is 464 g/mol. The van der Waals surface area contributed by atoms with Gasteiger partial charge in [0.1, 0.15) is 5.75 Å². The molecule has 2 bridgehead atoms. The van der Waals surface area contributed by atoms with E-state index in [-0.39, 0.29) is 18.3 Å². The minimum atomic E-state index is -0.464. The van der Waals surface area contributed by atoms with Crippen molar-refractivity contribution in [1.29, 1.82) is 0 Å².